The molecule has 2 N–H and O–H groups in total. The summed E-state index contributed by atoms with van der Waals surface area (Å²) in [6.07, 6.45) is 1.42. The minimum atomic E-state index is -0.653. The van der Waals surface area contributed by atoms with Gasteiger partial charge in [-0.3, -0.25) is 0 Å². The number of hydrogen-bond donors (Lipinski definition) is 2. The number of anilines is 1. The molecule has 6 heteroatoms. The van der Waals surface area contributed by atoms with Gasteiger partial charge in [0, 0.05) is 24.4 Å². The number of aliphatic hydroxyl groups is 2. The van der Waals surface area contributed by atoms with Crippen molar-refractivity contribution in [2.24, 2.45) is 5.41 Å². The van der Waals surface area contributed by atoms with E-state index in [1.54, 1.807) is 24.9 Å². The van der Waals surface area contributed by atoms with Crippen LogP contribution in [0.25, 0.3) is 10.9 Å². The molecule has 0 amide bonds. The number of nitrogens with zero attached hydrogens (tertiary/aromatic N) is 3. The normalized spacial score (nSPS) is 11.8. The summed E-state index contributed by atoms with van der Waals surface area (Å²) in [5.41, 5.74) is -0.00254. The fourth-order valence-electron chi connectivity index (χ4n) is 2.12. The first-order valence-corrected chi connectivity index (χ1v) is 6.32. The van der Waals surface area contributed by atoms with E-state index >= 15 is 0 Å². The third-order valence-electron chi connectivity index (χ3n) is 3.32. The summed E-state index contributed by atoms with van der Waals surface area (Å²) in [6.45, 7) is 1.87. The Hall–Kier alpha value is -1.79. The van der Waals surface area contributed by atoms with E-state index in [1.165, 1.54) is 18.5 Å². The van der Waals surface area contributed by atoms with Gasteiger partial charge < -0.3 is 15.1 Å². The fourth-order valence-corrected chi connectivity index (χ4v) is 2.12. The van der Waals surface area contributed by atoms with Crippen molar-refractivity contribution in [1.29, 1.82) is 0 Å². The van der Waals surface area contributed by atoms with Gasteiger partial charge in [-0.2, -0.15) is 0 Å². The summed E-state index contributed by atoms with van der Waals surface area (Å²) in [5.74, 6) is 0.219. The Morgan fingerprint density at radius 1 is 1.25 bits per heavy atom. The highest BCUT2D eigenvalue weighted by Crippen LogP contribution is 2.25. The molecule has 0 aliphatic heterocycles. The van der Waals surface area contributed by atoms with Crippen molar-refractivity contribution in [3.8, 4) is 0 Å². The number of fused-ring (bicyclic) bond motifs is 1. The van der Waals surface area contributed by atoms with Gasteiger partial charge in [-0.15, -0.1) is 0 Å². The molecule has 2 rings (SSSR count). The van der Waals surface area contributed by atoms with Crippen molar-refractivity contribution in [3.63, 3.8) is 0 Å². The summed E-state index contributed by atoms with van der Waals surface area (Å²) in [5, 5.41) is 19.3. The Morgan fingerprint density at radius 2 is 1.95 bits per heavy atom. The minimum absolute atomic E-state index is 0.148. The van der Waals surface area contributed by atoms with Gasteiger partial charge in [0.25, 0.3) is 0 Å². The van der Waals surface area contributed by atoms with Gasteiger partial charge in [-0.25, -0.2) is 14.4 Å². The van der Waals surface area contributed by atoms with Crippen LogP contribution in [0.3, 0.4) is 0 Å². The second-order valence-corrected chi connectivity index (χ2v) is 5.34. The Balaban J connectivity index is 2.39. The predicted octanol–water partition coefficient (Wildman–Crippen LogP) is 1.20. The number of aliphatic hydroxyl groups excluding tert-OH is 2. The largest absolute Gasteiger partial charge is 0.396 e. The number of halogens is 1. The molecule has 5 nitrogen and oxygen atoms in total. The maximum Gasteiger partial charge on any atom is 0.139 e. The highest BCUT2D eigenvalue weighted by atomic mass is 19.1. The molecule has 1 aromatic carbocycles. The van der Waals surface area contributed by atoms with Crippen molar-refractivity contribution in [1.82, 2.24) is 9.97 Å². The van der Waals surface area contributed by atoms with E-state index in [9.17, 15) is 14.6 Å². The van der Waals surface area contributed by atoms with Crippen molar-refractivity contribution in [2.45, 2.75) is 6.92 Å². The fraction of sp³-hybridized carbons (Fsp3) is 0.429. The molecule has 0 unspecified atom stereocenters. The third kappa shape index (κ3) is 2.86. The molecule has 0 aliphatic rings. The monoisotopic (exact) mass is 279 g/mol. The number of aromatic nitrogens is 2. The van der Waals surface area contributed by atoms with E-state index in [1.807, 2.05) is 0 Å². The third-order valence-corrected chi connectivity index (χ3v) is 3.32. The van der Waals surface area contributed by atoms with Gasteiger partial charge in [0.15, 0.2) is 0 Å². The molecular formula is C14H18FN3O2. The molecule has 20 heavy (non-hydrogen) atoms. The summed E-state index contributed by atoms with van der Waals surface area (Å²) < 4.78 is 13.4. The van der Waals surface area contributed by atoms with E-state index in [-0.39, 0.29) is 19.0 Å². The molecule has 0 saturated heterocycles. The van der Waals surface area contributed by atoms with Crippen LogP contribution in [0.4, 0.5) is 10.2 Å². The van der Waals surface area contributed by atoms with Crippen LogP contribution in [0.5, 0.6) is 0 Å². The summed E-state index contributed by atoms with van der Waals surface area (Å²) >= 11 is 0. The van der Waals surface area contributed by atoms with Gasteiger partial charge in [-0.1, -0.05) is 6.92 Å². The lowest BCUT2D eigenvalue weighted by atomic mass is 9.92. The number of hydrogen-bond acceptors (Lipinski definition) is 5. The number of benzene rings is 1. The number of rotatable bonds is 5. The molecule has 0 saturated carbocycles. The van der Waals surface area contributed by atoms with Crippen LogP contribution in [0.2, 0.25) is 0 Å². The average molecular weight is 279 g/mol. The predicted molar refractivity (Wildman–Crippen MR) is 75.0 cm³/mol. The molecule has 0 bridgehead atoms. The van der Waals surface area contributed by atoms with Gasteiger partial charge in [0.05, 0.1) is 18.7 Å². The summed E-state index contributed by atoms with van der Waals surface area (Å²) in [6, 6.07) is 4.34. The van der Waals surface area contributed by atoms with Crippen LogP contribution in [-0.2, 0) is 0 Å². The van der Waals surface area contributed by atoms with Crippen LogP contribution in [0.15, 0.2) is 24.5 Å². The zero-order valence-electron chi connectivity index (χ0n) is 11.5. The lowest BCUT2D eigenvalue weighted by molar-refractivity contribution is 0.0762. The maximum atomic E-state index is 13.4. The zero-order valence-corrected chi connectivity index (χ0v) is 11.5. The summed E-state index contributed by atoms with van der Waals surface area (Å²) in [7, 11) is 1.79. The van der Waals surface area contributed by atoms with Gasteiger partial charge in [0.1, 0.15) is 18.0 Å². The van der Waals surface area contributed by atoms with Crippen LogP contribution in [0, 0.1) is 11.2 Å². The smallest absolute Gasteiger partial charge is 0.139 e. The lowest BCUT2D eigenvalue weighted by Gasteiger charge is -2.31. The quantitative estimate of drug-likeness (QED) is 0.860. The molecule has 0 radical (unpaired) electrons. The second-order valence-electron chi connectivity index (χ2n) is 5.34. The second kappa shape index (κ2) is 5.68. The van der Waals surface area contributed by atoms with Gasteiger partial charge >= 0.3 is 0 Å². The Labute approximate surface area is 116 Å². The van der Waals surface area contributed by atoms with Crippen molar-refractivity contribution < 1.29 is 14.6 Å². The molecule has 2 aromatic rings. The highest BCUT2D eigenvalue weighted by Gasteiger charge is 2.25. The molecule has 0 spiro atoms. The van der Waals surface area contributed by atoms with Gasteiger partial charge in [0.2, 0.25) is 0 Å². The molecular weight excluding hydrogens is 261 g/mol. The van der Waals surface area contributed by atoms with Crippen LogP contribution >= 0.6 is 0 Å². The maximum absolute atomic E-state index is 13.4. The molecule has 0 fully saturated rings. The highest BCUT2D eigenvalue weighted by molar-refractivity contribution is 5.89. The average Bonchev–Trinajstić information content (AvgIpc) is 2.46. The van der Waals surface area contributed by atoms with Crippen molar-refractivity contribution in [2.75, 3.05) is 31.7 Å². The lowest BCUT2D eigenvalue weighted by Crippen LogP contribution is -2.39. The molecule has 108 valence electrons. The zero-order chi connectivity index (χ0) is 14.8. The van der Waals surface area contributed by atoms with E-state index in [0.29, 0.717) is 23.3 Å². The van der Waals surface area contributed by atoms with Crippen molar-refractivity contribution in [3.05, 3.63) is 30.3 Å². The Bertz CT molecular complexity index is 602. The van der Waals surface area contributed by atoms with Crippen LogP contribution in [0.1, 0.15) is 6.92 Å². The minimum Gasteiger partial charge on any atom is -0.396 e. The van der Waals surface area contributed by atoms with Crippen molar-refractivity contribution >= 4 is 16.7 Å². The SMILES string of the molecule is CN(CC(C)(CO)CO)c1ncnc2ccc(F)cc12. The topological polar surface area (TPSA) is 69.5 Å². The van der Waals surface area contributed by atoms with E-state index in [0.717, 1.165) is 0 Å². The first-order chi connectivity index (χ1) is 9.49. The summed E-state index contributed by atoms with van der Waals surface area (Å²) in [4.78, 5) is 10.1. The molecule has 0 aliphatic carbocycles. The van der Waals surface area contributed by atoms with Crippen LogP contribution in [-0.4, -0.2) is 47.0 Å². The Kier molecular flexibility index (Phi) is 4.15. The first kappa shape index (κ1) is 14.6. The van der Waals surface area contributed by atoms with E-state index in [2.05, 4.69) is 9.97 Å². The molecule has 0 atom stereocenters. The Morgan fingerprint density at radius 3 is 2.60 bits per heavy atom. The standard InChI is InChI=1S/C14H18FN3O2/c1-14(7-19,8-20)6-18(2)13-11-5-10(15)3-4-12(11)16-9-17-13/h3-5,9,19-20H,6-8H2,1-2H3. The molecule has 1 aromatic heterocycles. The molecule has 1 heterocycles. The van der Waals surface area contributed by atoms with E-state index < -0.39 is 5.41 Å². The van der Waals surface area contributed by atoms with Crippen LogP contribution < -0.4 is 4.90 Å². The first-order valence-electron chi connectivity index (χ1n) is 6.32. The van der Waals surface area contributed by atoms with E-state index in [4.69, 9.17) is 0 Å². The van der Waals surface area contributed by atoms with Gasteiger partial charge in [-0.05, 0) is 18.2 Å².